The minimum Gasteiger partial charge on any atom is -0.380 e. The molecule has 1 aliphatic heterocycles. The van der Waals surface area contributed by atoms with Gasteiger partial charge < -0.3 is 19.9 Å². The molecule has 28 heavy (non-hydrogen) atoms. The van der Waals surface area contributed by atoms with E-state index in [-0.39, 0.29) is 18.0 Å². The van der Waals surface area contributed by atoms with E-state index >= 15 is 0 Å². The zero-order valence-corrected chi connectivity index (χ0v) is 15.5. The third kappa shape index (κ3) is 3.42. The fourth-order valence-corrected chi connectivity index (χ4v) is 3.65. The van der Waals surface area contributed by atoms with E-state index in [4.69, 9.17) is 22.0 Å². The first-order valence-electron chi connectivity index (χ1n) is 9.10. The number of ether oxygens (including phenoxy) is 1. The molecule has 1 saturated heterocycles. The van der Waals surface area contributed by atoms with Gasteiger partial charge in [-0.25, -0.2) is 14.2 Å². The number of methoxy groups -OCH3 is 1. The van der Waals surface area contributed by atoms with Crippen LogP contribution in [0.4, 0.5) is 16.0 Å². The first-order chi connectivity index (χ1) is 13.6. The number of rotatable bonds is 4. The van der Waals surface area contributed by atoms with Crippen molar-refractivity contribution in [2.45, 2.75) is 25.1 Å². The lowest BCUT2D eigenvalue weighted by Gasteiger charge is -2.36. The number of benzene rings is 1. The fraction of sp³-hybridized carbons (Fsp3) is 0.350. The molecule has 0 aliphatic carbocycles. The van der Waals surface area contributed by atoms with Gasteiger partial charge in [-0.15, -0.1) is 0 Å². The second-order valence-electron chi connectivity index (χ2n) is 6.92. The SMILES string of the molecule is [C-]#[N+]c1ccc(Cn2c(N3CC[C@H](OC)[C@H](N)C3)nc3ccc(F)cc32)nc1. The third-order valence-electron chi connectivity index (χ3n) is 5.13. The van der Waals surface area contributed by atoms with Crippen molar-refractivity contribution in [3.8, 4) is 0 Å². The highest BCUT2D eigenvalue weighted by atomic mass is 19.1. The third-order valence-corrected chi connectivity index (χ3v) is 5.13. The number of anilines is 1. The van der Waals surface area contributed by atoms with Gasteiger partial charge >= 0.3 is 0 Å². The zero-order chi connectivity index (χ0) is 19.7. The molecule has 0 bridgehead atoms. The van der Waals surface area contributed by atoms with Gasteiger partial charge in [0.2, 0.25) is 11.6 Å². The number of hydrogen-bond donors (Lipinski definition) is 1. The van der Waals surface area contributed by atoms with Crippen molar-refractivity contribution in [2.24, 2.45) is 5.73 Å². The van der Waals surface area contributed by atoms with Crippen LogP contribution in [0.2, 0.25) is 0 Å². The Morgan fingerprint density at radius 2 is 2.21 bits per heavy atom. The van der Waals surface area contributed by atoms with Crippen LogP contribution in [0, 0.1) is 12.4 Å². The maximum Gasteiger partial charge on any atom is 0.206 e. The summed E-state index contributed by atoms with van der Waals surface area (Å²) in [6, 6.07) is 8.00. The molecule has 0 spiro atoms. The largest absolute Gasteiger partial charge is 0.380 e. The summed E-state index contributed by atoms with van der Waals surface area (Å²) < 4.78 is 21.3. The Bertz CT molecular complexity index is 1030. The van der Waals surface area contributed by atoms with Crippen LogP contribution >= 0.6 is 0 Å². The molecule has 0 amide bonds. The predicted molar refractivity (Wildman–Crippen MR) is 105 cm³/mol. The van der Waals surface area contributed by atoms with Gasteiger partial charge in [-0.3, -0.25) is 4.98 Å². The molecule has 1 aliphatic rings. The van der Waals surface area contributed by atoms with Crippen molar-refractivity contribution in [1.82, 2.24) is 14.5 Å². The van der Waals surface area contributed by atoms with Gasteiger partial charge in [0.1, 0.15) is 5.82 Å². The summed E-state index contributed by atoms with van der Waals surface area (Å²) in [4.78, 5) is 14.6. The summed E-state index contributed by atoms with van der Waals surface area (Å²) in [7, 11) is 1.68. The molecular weight excluding hydrogens is 359 g/mol. The van der Waals surface area contributed by atoms with Crippen molar-refractivity contribution in [3.63, 3.8) is 0 Å². The Morgan fingerprint density at radius 1 is 1.36 bits per heavy atom. The summed E-state index contributed by atoms with van der Waals surface area (Å²) in [5.74, 6) is 0.424. The standard InChI is InChI=1S/C20H21FN6O/c1-23-14-4-5-15(24-10-14)11-27-18-9-13(21)3-6-17(18)25-20(27)26-8-7-19(28-2)16(22)12-26/h3-6,9-10,16,19H,7-8,11-12,22H2,2H3/t16-,19+/m1/s1. The quantitative estimate of drug-likeness (QED) is 0.705. The van der Waals surface area contributed by atoms with E-state index in [1.807, 2.05) is 10.6 Å². The number of imidazole rings is 1. The molecule has 1 fully saturated rings. The summed E-state index contributed by atoms with van der Waals surface area (Å²) >= 11 is 0. The smallest absolute Gasteiger partial charge is 0.206 e. The predicted octanol–water partition coefficient (Wildman–Crippen LogP) is 2.72. The van der Waals surface area contributed by atoms with Gasteiger partial charge in [0.25, 0.3) is 0 Å². The Labute approximate surface area is 162 Å². The first-order valence-corrected chi connectivity index (χ1v) is 9.10. The minimum atomic E-state index is -0.314. The monoisotopic (exact) mass is 380 g/mol. The molecule has 0 saturated carbocycles. The Morgan fingerprint density at radius 3 is 2.89 bits per heavy atom. The molecule has 0 unspecified atom stereocenters. The molecule has 2 N–H and O–H groups in total. The topological polar surface area (TPSA) is 73.6 Å². The molecule has 4 rings (SSSR count). The van der Waals surface area contributed by atoms with Gasteiger partial charge in [0.05, 0.1) is 35.9 Å². The van der Waals surface area contributed by atoms with Gasteiger partial charge in [-0.1, -0.05) is 6.07 Å². The molecule has 3 aromatic rings. The highest BCUT2D eigenvalue weighted by Crippen LogP contribution is 2.27. The van der Waals surface area contributed by atoms with Crippen LogP contribution in [0.3, 0.4) is 0 Å². The van der Waals surface area contributed by atoms with Crippen molar-refractivity contribution >= 4 is 22.7 Å². The van der Waals surface area contributed by atoms with Crippen molar-refractivity contribution < 1.29 is 9.13 Å². The zero-order valence-electron chi connectivity index (χ0n) is 15.5. The molecule has 2 aromatic heterocycles. The normalized spacial score (nSPS) is 19.7. The van der Waals surface area contributed by atoms with Gasteiger partial charge in [-0.2, -0.15) is 0 Å². The Kier molecular flexibility index (Phi) is 4.94. The van der Waals surface area contributed by atoms with Crippen LogP contribution in [0.1, 0.15) is 12.1 Å². The molecule has 144 valence electrons. The average Bonchev–Trinajstić information content (AvgIpc) is 3.06. The number of hydrogen-bond acceptors (Lipinski definition) is 5. The second kappa shape index (κ2) is 7.54. The van der Waals surface area contributed by atoms with E-state index in [9.17, 15) is 4.39 Å². The molecule has 8 heteroatoms. The molecule has 0 radical (unpaired) electrons. The van der Waals surface area contributed by atoms with E-state index < -0.39 is 0 Å². The maximum absolute atomic E-state index is 13.9. The summed E-state index contributed by atoms with van der Waals surface area (Å²) in [5.41, 5.74) is 8.94. The van der Waals surface area contributed by atoms with E-state index in [2.05, 4.69) is 14.7 Å². The average molecular weight is 380 g/mol. The van der Waals surface area contributed by atoms with Crippen molar-refractivity contribution in [2.75, 3.05) is 25.1 Å². The molecular formula is C20H21FN6O. The van der Waals surface area contributed by atoms with Crippen molar-refractivity contribution in [1.29, 1.82) is 0 Å². The van der Waals surface area contributed by atoms with Crippen LogP contribution in [0.25, 0.3) is 15.9 Å². The van der Waals surface area contributed by atoms with Crippen LogP contribution in [-0.4, -0.2) is 46.9 Å². The number of aromatic nitrogens is 3. The summed E-state index contributed by atoms with van der Waals surface area (Å²) in [5, 5.41) is 0. The van der Waals surface area contributed by atoms with Crippen molar-refractivity contribution in [3.05, 3.63) is 59.5 Å². The number of halogens is 1. The number of nitrogens with two attached hydrogens (primary N) is 1. The highest BCUT2D eigenvalue weighted by Gasteiger charge is 2.29. The van der Waals surface area contributed by atoms with Crippen LogP contribution in [-0.2, 0) is 11.3 Å². The van der Waals surface area contributed by atoms with Crippen LogP contribution in [0.5, 0.6) is 0 Å². The lowest BCUT2D eigenvalue weighted by atomic mass is 10.0. The number of piperidine rings is 1. The molecule has 3 heterocycles. The molecule has 2 atom stereocenters. The van der Waals surface area contributed by atoms with E-state index in [0.717, 1.165) is 30.1 Å². The maximum atomic E-state index is 13.9. The van der Waals surface area contributed by atoms with Gasteiger partial charge in [0.15, 0.2) is 0 Å². The minimum absolute atomic E-state index is 0.0226. The Balaban J connectivity index is 1.73. The lowest BCUT2D eigenvalue weighted by molar-refractivity contribution is 0.0661. The van der Waals surface area contributed by atoms with Gasteiger partial charge in [0, 0.05) is 32.4 Å². The lowest BCUT2D eigenvalue weighted by Crippen LogP contribution is -2.52. The summed E-state index contributed by atoms with van der Waals surface area (Å²) in [6.45, 7) is 8.84. The number of fused-ring (bicyclic) bond motifs is 1. The highest BCUT2D eigenvalue weighted by molar-refractivity contribution is 5.79. The van der Waals surface area contributed by atoms with E-state index in [0.29, 0.717) is 24.3 Å². The summed E-state index contributed by atoms with van der Waals surface area (Å²) in [6.07, 6.45) is 2.36. The fourth-order valence-electron chi connectivity index (χ4n) is 3.65. The molecule has 1 aromatic carbocycles. The Hall–Kier alpha value is -3.02. The van der Waals surface area contributed by atoms with Crippen LogP contribution in [0.15, 0.2) is 36.5 Å². The first kappa shape index (κ1) is 18.3. The van der Waals surface area contributed by atoms with E-state index in [1.54, 1.807) is 25.4 Å². The van der Waals surface area contributed by atoms with E-state index in [1.165, 1.54) is 12.1 Å². The second-order valence-corrected chi connectivity index (χ2v) is 6.92. The van der Waals surface area contributed by atoms with Gasteiger partial charge in [-0.05, 0) is 30.7 Å². The van der Waals surface area contributed by atoms with Crippen LogP contribution < -0.4 is 10.6 Å². The molecule has 7 nitrogen and oxygen atoms in total. The number of nitrogens with zero attached hydrogens (tertiary/aromatic N) is 5. The number of pyridine rings is 1.